The van der Waals surface area contributed by atoms with Crippen molar-refractivity contribution in [3.8, 4) is 0 Å². The summed E-state index contributed by atoms with van der Waals surface area (Å²) in [7, 11) is 0. The van der Waals surface area contributed by atoms with E-state index in [9.17, 15) is 23.3 Å². The normalized spacial score (nSPS) is 13.0. The van der Waals surface area contributed by atoms with E-state index in [4.69, 9.17) is 23.2 Å². The minimum atomic E-state index is -4.45. The van der Waals surface area contributed by atoms with Crippen LogP contribution in [0, 0.1) is 10.1 Å². The minimum Gasteiger partial charge on any atom is -0.258 e. The van der Waals surface area contributed by atoms with Crippen LogP contribution in [0.4, 0.5) is 18.9 Å². The van der Waals surface area contributed by atoms with Gasteiger partial charge in [-0.2, -0.15) is 13.2 Å². The van der Waals surface area contributed by atoms with Crippen molar-refractivity contribution in [3.05, 3.63) is 75.3 Å². The van der Waals surface area contributed by atoms with Gasteiger partial charge in [-0.1, -0.05) is 47.5 Å². The van der Waals surface area contributed by atoms with Gasteiger partial charge < -0.3 is 0 Å². The Balaban J connectivity index is 2.23. The molecule has 0 spiro atoms. The van der Waals surface area contributed by atoms with E-state index in [-0.39, 0.29) is 27.2 Å². The van der Waals surface area contributed by atoms with Gasteiger partial charge in [0.1, 0.15) is 0 Å². The SMILES string of the molecule is O=[N+]([O-])c1cccc(C(Cl)=NN=C(Cl)c2ccc(C(F)(F)F)cc2)c1. The molecule has 0 saturated carbocycles. The van der Waals surface area contributed by atoms with E-state index in [1.807, 2.05) is 0 Å². The summed E-state index contributed by atoms with van der Waals surface area (Å²) in [4.78, 5) is 10.1. The molecule has 10 heteroatoms. The molecule has 0 heterocycles. The quantitative estimate of drug-likeness (QED) is 0.409. The van der Waals surface area contributed by atoms with Crippen LogP contribution < -0.4 is 0 Å². The van der Waals surface area contributed by atoms with Crippen LogP contribution in [-0.4, -0.2) is 15.3 Å². The largest absolute Gasteiger partial charge is 0.416 e. The highest BCUT2D eigenvalue weighted by Crippen LogP contribution is 2.29. The van der Waals surface area contributed by atoms with Gasteiger partial charge in [0.15, 0.2) is 10.3 Å². The Morgan fingerprint density at radius 1 is 0.960 bits per heavy atom. The van der Waals surface area contributed by atoms with Gasteiger partial charge in [0.2, 0.25) is 0 Å². The van der Waals surface area contributed by atoms with Gasteiger partial charge in [-0.25, -0.2) is 0 Å². The molecule has 0 saturated heterocycles. The van der Waals surface area contributed by atoms with E-state index in [2.05, 4.69) is 10.2 Å². The molecule has 2 rings (SSSR count). The molecular weight excluding hydrogens is 382 g/mol. The maximum absolute atomic E-state index is 12.5. The summed E-state index contributed by atoms with van der Waals surface area (Å²) in [6, 6.07) is 9.40. The molecule has 2 aromatic carbocycles. The second kappa shape index (κ2) is 7.62. The Kier molecular flexibility index (Phi) is 5.76. The Morgan fingerprint density at radius 2 is 1.52 bits per heavy atom. The van der Waals surface area contributed by atoms with Crippen LogP contribution in [-0.2, 0) is 6.18 Å². The lowest BCUT2D eigenvalue weighted by Crippen LogP contribution is -2.05. The predicted molar refractivity (Wildman–Crippen MR) is 89.3 cm³/mol. The van der Waals surface area contributed by atoms with Crippen molar-refractivity contribution in [1.29, 1.82) is 0 Å². The first-order valence-corrected chi connectivity index (χ1v) is 7.33. The Labute approximate surface area is 149 Å². The van der Waals surface area contributed by atoms with Crippen molar-refractivity contribution in [2.24, 2.45) is 10.2 Å². The van der Waals surface area contributed by atoms with Crippen LogP contribution in [0.1, 0.15) is 16.7 Å². The van der Waals surface area contributed by atoms with Gasteiger partial charge >= 0.3 is 6.18 Å². The second-order valence-corrected chi connectivity index (χ2v) is 5.38. The van der Waals surface area contributed by atoms with Crippen molar-refractivity contribution >= 4 is 39.2 Å². The summed E-state index contributed by atoms with van der Waals surface area (Å²) >= 11 is 11.8. The zero-order chi connectivity index (χ0) is 18.6. The number of benzene rings is 2. The number of non-ortho nitro benzene ring substituents is 1. The van der Waals surface area contributed by atoms with Crippen molar-refractivity contribution in [3.63, 3.8) is 0 Å². The first-order chi connectivity index (χ1) is 11.7. The average Bonchev–Trinajstić information content (AvgIpc) is 2.58. The number of nitro benzene ring substituents is 1. The third-order valence-electron chi connectivity index (χ3n) is 2.97. The molecule has 0 radical (unpaired) electrons. The molecule has 0 amide bonds. The zero-order valence-corrected chi connectivity index (χ0v) is 13.7. The fraction of sp³-hybridized carbons (Fsp3) is 0.0667. The van der Waals surface area contributed by atoms with Crippen molar-refractivity contribution in [2.75, 3.05) is 0 Å². The molecule has 0 fully saturated rings. The summed E-state index contributed by atoms with van der Waals surface area (Å²) in [6.07, 6.45) is -4.45. The minimum absolute atomic E-state index is 0.159. The monoisotopic (exact) mass is 389 g/mol. The summed E-state index contributed by atoms with van der Waals surface area (Å²) in [5.41, 5.74) is -0.541. The summed E-state index contributed by atoms with van der Waals surface area (Å²) in [6.45, 7) is 0. The molecule has 2 aromatic rings. The molecule has 0 bridgehead atoms. The Bertz CT molecular complexity index is 850. The summed E-state index contributed by atoms with van der Waals surface area (Å²) < 4.78 is 37.5. The van der Waals surface area contributed by atoms with Crippen LogP contribution in [0.3, 0.4) is 0 Å². The molecule has 0 aromatic heterocycles. The number of nitrogens with zero attached hydrogens (tertiary/aromatic N) is 3. The standard InChI is InChI=1S/C15H8Cl2F3N3O2/c16-13(9-4-6-11(7-5-9)15(18,19)20)21-22-14(17)10-2-1-3-12(8-10)23(24)25/h1-8H. The Morgan fingerprint density at radius 3 is 2.04 bits per heavy atom. The van der Waals surface area contributed by atoms with Crippen LogP contribution in [0.25, 0.3) is 0 Å². The number of nitro groups is 1. The number of alkyl halides is 3. The van der Waals surface area contributed by atoms with Gasteiger partial charge in [-0.15, -0.1) is 10.2 Å². The van der Waals surface area contributed by atoms with Crippen LogP contribution in [0.15, 0.2) is 58.7 Å². The smallest absolute Gasteiger partial charge is 0.258 e. The molecular formula is C15H8Cl2F3N3O2. The lowest BCUT2D eigenvalue weighted by Gasteiger charge is -2.06. The van der Waals surface area contributed by atoms with E-state index in [1.54, 1.807) is 0 Å². The molecule has 0 N–H and O–H groups in total. The van der Waals surface area contributed by atoms with E-state index < -0.39 is 16.7 Å². The van der Waals surface area contributed by atoms with Gasteiger partial charge in [0, 0.05) is 23.3 Å². The topological polar surface area (TPSA) is 67.9 Å². The number of hydrogen-bond acceptors (Lipinski definition) is 4. The molecule has 0 atom stereocenters. The van der Waals surface area contributed by atoms with Gasteiger partial charge in [0.05, 0.1) is 10.5 Å². The van der Waals surface area contributed by atoms with E-state index in [0.717, 1.165) is 24.3 Å². The molecule has 5 nitrogen and oxygen atoms in total. The molecule has 0 aliphatic carbocycles. The molecule has 25 heavy (non-hydrogen) atoms. The Hall–Kier alpha value is -2.45. The maximum Gasteiger partial charge on any atom is 0.416 e. The zero-order valence-electron chi connectivity index (χ0n) is 12.2. The fourth-order valence-electron chi connectivity index (χ4n) is 1.75. The third-order valence-corrected chi connectivity index (χ3v) is 3.56. The van der Waals surface area contributed by atoms with Crippen molar-refractivity contribution in [2.45, 2.75) is 6.18 Å². The van der Waals surface area contributed by atoms with Crippen molar-refractivity contribution in [1.82, 2.24) is 0 Å². The molecule has 0 aliphatic heterocycles. The average molecular weight is 390 g/mol. The lowest BCUT2D eigenvalue weighted by atomic mass is 10.1. The molecule has 0 aliphatic rings. The summed E-state index contributed by atoms with van der Waals surface area (Å²) in [5.74, 6) is 0. The van der Waals surface area contributed by atoms with Crippen LogP contribution >= 0.6 is 23.2 Å². The number of rotatable bonds is 4. The second-order valence-electron chi connectivity index (χ2n) is 4.66. The summed E-state index contributed by atoms with van der Waals surface area (Å²) in [5, 5.41) is 17.6. The van der Waals surface area contributed by atoms with Gasteiger partial charge in [-0.05, 0) is 12.1 Å². The lowest BCUT2D eigenvalue weighted by molar-refractivity contribution is -0.384. The predicted octanol–water partition coefficient (Wildman–Crippen LogP) is 5.20. The van der Waals surface area contributed by atoms with E-state index in [1.165, 1.54) is 24.3 Å². The number of hydrogen-bond donors (Lipinski definition) is 0. The molecule has 0 unspecified atom stereocenters. The third kappa shape index (κ3) is 5.01. The van der Waals surface area contributed by atoms with Crippen LogP contribution in [0.2, 0.25) is 0 Å². The highest BCUT2D eigenvalue weighted by molar-refractivity contribution is 6.71. The maximum atomic E-state index is 12.5. The first-order valence-electron chi connectivity index (χ1n) is 6.57. The number of halogens is 5. The highest BCUT2D eigenvalue weighted by atomic mass is 35.5. The van der Waals surface area contributed by atoms with Crippen molar-refractivity contribution < 1.29 is 18.1 Å². The fourth-order valence-corrected chi connectivity index (χ4v) is 2.07. The van der Waals surface area contributed by atoms with Crippen LogP contribution in [0.5, 0.6) is 0 Å². The van der Waals surface area contributed by atoms with E-state index >= 15 is 0 Å². The molecule has 130 valence electrons. The van der Waals surface area contributed by atoms with E-state index in [0.29, 0.717) is 0 Å². The van der Waals surface area contributed by atoms with Gasteiger partial charge in [0.25, 0.3) is 5.69 Å². The highest BCUT2D eigenvalue weighted by Gasteiger charge is 2.30. The first kappa shape index (κ1) is 18.9. The van der Waals surface area contributed by atoms with Gasteiger partial charge in [-0.3, -0.25) is 10.1 Å².